The molecule has 2 aromatic carbocycles. The van der Waals surface area contributed by atoms with Crippen LogP contribution in [0.4, 0.5) is 20.2 Å². The fraction of sp³-hybridized carbons (Fsp3) is 0. The lowest BCUT2D eigenvalue weighted by atomic mass is 10.2. The highest BCUT2D eigenvalue weighted by Gasteiger charge is 2.11. The van der Waals surface area contributed by atoms with Crippen LogP contribution in [0.15, 0.2) is 35.3 Å². The first-order chi connectivity index (χ1) is 9.88. The summed E-state index contributed by atoms with van der Waals surface area (Å²) < 4.78 is 26.3. The Morgan fingerprint density at radius 3 is 2.62 bits per heavy atom. The van der Waals surface area contributed by atoms with Gasteiger partial charge in [0.1, 0.15) is 17.3 Å². The highest BCUT2D eigenvalue weighted by Crippen LogP contribution is 2.30. The maximum atomic E-state index is 13.4. The number of rotatable bonds is 3. The van der Waals surface area contributed by atoms with Crippen molar-refractivity contribution in [3.8, 4) is 5.75 Å². The Bertz CT molecular complexity index is 750. The maximum Gasteiger partial charge on any atom is 0.263 e. The summed E-state index contributed by atoms with van der Waals surface area (Å²) in [5.74, 6) is -2.41. The average molecular weight is 312 g/mol. The second-order valence-corrected chi connectivity index (χ2v) is 4.39. The molecular formula is C13H6ClF2N2O3-. The van der Waals surface area contributed by atoms with Gasteiger partial charge in [-0.25, -0.2) is 8.78 Å². The molecule has 0 aromatic heterocycles. The van der Waals surface area contributed by atoms with Crippen molar-refractivity contribution in [3.05, 3.63) is 62.7 Å². The maximum absolute atomic E-state index is 13.4. The third kappa shape index (κ3) is 3.32. The van der Waals surface area contributed by atoms with Gasteiger partial charge in [0.25, 0.3) is 5.69 Å². The average Bonchev–Trinajstić information content (AvgIpc) is 2.42. The minimum Gasteiger partial charge on any atom is -0.867 e. The second-order valence-electron chi connectivity index (χ2n) is 3.95. The first-order valence-corrected chi connectivity index (χ1v) is 5.90. The van der Waals surface area contributed by atoms with E-state index in [-0.39, 0.29) is 16.3 Å². The molecule has 0 N–H and O–H groups in total. The Balaban J connectivity index is 2.46. The summed E-state index contributed by atoms with van der Waals surface area (Å²) in [4.78, 5) is 13.4. The Labute approximate surface area is 122 Å². The standard InChI is InChI=1S/C13H7ClF2N2O3/c14-8-3-7(13(19)12(4-8)18(20)21)6-17-11-5-9(15)1-2-10(11)16/h1-6,19H/p-1. The number of hydrogen-bond donors (Lipinski definition) is 0. The first kappa shape index (κ1) is 14.9. The Morgan fingerprint density at radius 1 is 1.24 bits per heavy atom. The number of nitrogens with zero attached hydrogens (tertiary/aromatic N) is 2. The van der Waals surface area contributed by atoms with Gasteiger partial charge in [-0.2, -0.15) is 0 Å². The number of hydrogen-bond acceptors (Lipinski definition) is 4. The molecule has 5 nitrogen and oxygen atoms in total. The van der Waals surface area contributed by atoms with Crippen molar-refractivity contribution in [1.82, 2.24) is 0 Å². The summed E-state index contributed by atoms with van der Waals surface area (Å²) in [5, 5.41) is 22.4. The number of aliphatic imine (C=N–C) groups is 1. The van der Waals surface area contributed by atoms with Crippen molar-refractivity contribution in [3.63, 3.8) is 0 Å². The quantitative estimate of drug-likeness (QED) is 0.495. The minimum atomic E-state index is -0.912. The van der Waals surface area contributed by atoms with Gasteiger partial charge in [-0.1, -0.05) is 11.6 Å². The van der Waals surface area contributed by atoms with Crippen molar-refractivity contribution in [2.45, 2.75) is 0 Å². The molecule has 2 rings (SSSR count). The van der Waals surface area contributed by atoms with Gasteiger partial charge >= 0.3 is 0 Å². The largest absolute Gasteiger partial charge is 0.867 e. The molecule has 0 atom stereocenters. The van der Waals surface area contributed by atoms with E-state index in [0.717, 1.165) is 36.5 Å². The van der Waals surface area contributed by atoms with E-state index >= 15 is 0 Å². The summed E-state index contributed by atoms with van der Waals surface area (Å²) in [6.45, 7) is 0. The Morgan fingerprint density at radius 2 is 1.95 bits per heavy atom. The summed E-state index contributed by atoms with van der Waals surface area (Å²) in [5.41, 5.74) is -1.25. The predicted octanol–water partition coefficient (Wildman–Crippen LogP) is 3.35. The highest BCUT2D eigenvalue weighted by molar-refractivity contribution is 6.31. The zero-order valence-corrected chi connectivity index (χ0v) is 11.0. The van der Waals surface area contributed by atoms with Gasteiger partial charge in [0.15, 0.2) is 0 Å². The number of halogens is 3. The van der Waals surface area contributed by atoms with Crippen LogP contribution >= 0.6 is 11.6 Å². The second kappa shape index (κ2) is 5.84. The molecule has 0 unspecified atom stereocenters. The van der Waals surface area contributed by atoms with Gasteiger partial charge in [-0.05, 0) is 29.5 Å². The van der Waals surface area contributed by atoms with Gasteiger partial charge in [-0.3, -0.25) is 15.1 Å². The van der Waals surface area contributed by atoms with Gasteiger partial charge in [0.2, 0.25) is 0 Å². The smallest absolute Gasteiger partial charge is 0.263 e. The molecule has 8 heteroatoms. The molecule has 0 heterocycles. The fourth-order valence-corrected chi connectivity index (χ4v) is 1.78. The van der Waals surface area contributed by atoms with Crippen LogP contribution in [0.2, 0.25) is 5.02 Å². The van der Waals surface area contributed by atoms with Gasteiger partial charge in [0, 0.05) is 23.4 Å². The van der Waals surface area contributed by atoms with E-state index in [0.29, 0.717) is 0 Å². The number of nitro groups is 1. The zero-order valence-electron chi connectivity index (χ0n) is 10.2. The molecule has 0 spiro atoms. The molecule has 0 aliphatic heterocycles. The zero-order chi connectivity index (χ0) is 15.6. The highest BCUT2D eigenvalue weighted by atomic mass is 35.5. The third-order valence-corrected chi connectivity index (χ3v) is 2.73. The molecule has 2 aromatic rings. The van der Waals surface area contributed by atoms with Crippen LogP contribution < -0.4 is 5.11 Å². The lowest BCUT2D eigenvalue weighted by molar-refractivity contribution is -0.398. The molecule has 21 heavy (non-hydrogen) atoms. The Kier molecular flexibility index (Phi) is 4.13. The molecule has 0 bridgehead atoms. The first-order valence-electron chi connectivity index (χ1n) is 5.52. The third-order valence-electron chi connectivity index (χ3n) is 2.51. The monoisotopic (exact) mass is 311 g/mol. The van der Waals surface area contributed by atoms with Crippen molar-refractivity contribution in [1.29, 1.82) is 0 Å². The Hall–Kier alpha value is -2.54. The minimum absolute atomic E-state index is 0.0394. The van der Waals surface area contributed by atoms with E-state index in [2.05, 4.69) is 4.99 Å². The van der Waals surface area contributed by atoms with Crippen molar-refractivity contribution >= 4 is 29.2 Å². The van der Waals surface area contributed by atoms with E-state index in [9.17, 15) is 24.0 Å². The van der Waals surface area contributed by atoms with Crippen LogP contribution in [0.5, 0.6) is 5.75 Å². The van der Waals surface area contributed by atoms with Crippen LogP contribution in [-0.4, -0.2) is 11.1 Å². The summed E-state index contributed by atoms with van der Waals surface area (Å²) in [7, 11) is 0. The summed E-state index contributed by atoms with van der Waals surface area (Å²) >= 11 is 5.67. The molecule has 0 amide bonds. The van der Waals surface area contributed by atoms with E-state index in [4.69, 9.17) is 11.6 Å². The van der Waals surface area contributed by atoms with Crippen LogP contribution in [0.3, 0.4) is 0 Å². The van der Waals surface area contributed by atoms with Crippen LogP contribution in [-0.2, 0) is 0 Å². The number of benzene rings is 2. The molecule has 108 valence electrons. The predicted molar refractivity (Wildman–Crippen MR) is 71.2 cm³/mol. The fourth-order valence-electron chi connectivity index (χ4n) is 1.56. The van der Waals surface area contributed by atoms with Gasteiger partial charge in [0.05, 0.1) is 4.92 Å². The summed E-state index contributed by atoms with van der Waals surface area (Å²) in [6, 6.07) is 4.68. The van der Waals surface area contributed by atoms with E-state index in [1.165, 1.54) is 0 Å². The van der Waals surface area contributed by atoms with E-state index in [1.807, 2.05) is 0 Å². The topological polar surface area (TPSA) is 78.6 Å². The normalized spacial score (nSPS) is 11.0. The molecule has 0 aliphatic rings. The molecule has 0 saturated heterocycles. The van der Waals surface area contributed by atoms with Crippen LogP contribution in [0.1, 0.15) is 5.56 Å². The SMILES string of the molecule is O=[N+]([O-])c1cc(Cl)cc(C=Nc2cc(F)ccc2F)c1[O-]. The molecule has 0 saturated carbocycles. The molecule has 0 fully saturated rings. The van der Waals surface area contributed by atoms with E-state index < -0.39 is 28.0 Å². The molecule has 0 aliphatic carbocycles. The summed E-state index contributed by atoms with van der Waals surface area (Å²) in [6.07, 6.45) is 0.902. The van der Waals surface area contributed by atoms with Crippen molar-refractivity contribution in [2.75, 3.05) is 0 Å². The lowest BCUT2D eigenvalue weighted by Gasteiger charge is -2.10. The molecule has 0 radical (unpaired) electrons. The van der Waals surface area contributed by atoms with E-state index in [1.54, 1.807) is 0 Å². The number of nitro benzene ring substituents is 1. The lowest BCUT2D eigenvalue weighted by Crippen LogP contribution is -2.02. The van der Waals surface area contributed by atoms with Crippen LogP contribution in [0.25, 0.3) is 0 Å². The van der Waals surface area contributed by atoms with Gasteiger partial charge in [-0.15, -0.1) is 0 Å². The van der Waals surface area contributed by atoms with Crippen LogP contribution in [0, 0.1) is 21.7 Å². The van der Waals surface area contributed by atoms with Crippen molar-refractivity contribution in [2.24, 2.45) is 4.99 Å². The van der Waals surface area contributed by atoms with Crippen molar-refractivity contribution < 1.29 is 18.8 Å². The van der Waals surface area contributed by atoms with Gasteiger partial charge < -0.3 is 5.11 Å². The molecular weight excluding hydrogens is 306 g/mol.